The Morgan fingerprint density at radius 1 is 1.86 bits per heavy atom. The molecule has 0 bridgehead atoms. The van der Waals surface area contributed by atoms with Crippen LogP contribution in [-0.4, -0.2) is 5.11 Å². The van der Waals surface area contributed by atoms with Crippen LogP contribution in [0.15, 0.2) is 12.7 Å². The fourth-order valence-electron chi connectivity index (χ4n) is 0.358. The van der Waals surface area contributed by atoms with Crippen molar-refractivity contribution in [2.24, 2.45) is 0 Å². The van der Waals surface area contributed by atoms with E-state index < -0.39 is 0 Å². The van der Waals surface area contributed by atoms with Gasteiger partial charge in [-0.25, -0.2) is 0 Å². The Morgan fingerprint density at radius 2 is 2.43 bits per heavy atom. The molecule has 0 aromatic heterocycles. The molecule has 0 fully saturated rings. The van der Waals surface area contributed by atoms with Gasteiger partial charge in [0.05, 0.1) is 0 Å². The van der Waals surface area contributed by atoms with Gasteiger partial charge >= 0.3 is 0 Å². The summed E-state index contributed by atoms with van der Waals surface area (Å²) >= 11 is 0. The van der Waals surface area contributed by atoms with Crippen LogP contribution in [0.3, 0.4) is 0 Å². The van der Waals surface area contributed by atoms with Gasteiger partial charge in [0, 0.05) is 0 Å². The van der Waals surface area contributed by atoms with Gasteiger partial charge in [0.1, 0.15) is 6.10 Å². The highest BCUT2D eigenvalue weighted by Gasteiger charge is 1.92. The molecule has 0 aromatic carbocycles. The molecule has 1 radical (unpaired) electrons. The molecule has 0 rings (SSSR count). The van der Waals surface area contributed by atoms with E-state index in [0.29, 0.717) is 6.10 Å². The quantitative estimate of drug-likeness (QED) is 0.572. The van der Waals surface area contributed by atoms with E-state index in [2.05, 4.69) is 6.58 Å². The lowest BCUT2D eigenvalue weighted by molar-refractivity contribution is 0.318. The standard InChI is InChI=1S/C6H11O/c1-3-5-6(7)4-2/h4,7H,2-3,5H2,1H3. The molecule has 0 saturated carbocycles. The monoisotopic (exact) mass is 99.1 g/mol. The van der Waals surface area contributed by atoms with Crippen LogP contribution in [0, 0.1) is 6.10 Å². The molecule has 1 nitrogen and oxygen atoms in total. The number of aliphatic hydroxyl groups excluding tert-OH is 1. The maximum atomic E-state index is 8.66. The molecule has 1 heteroatoms. The molecule has 0 saturated heterocycles. The minimum Gasteiger partial charge on any atom is -0.382 e. The van der Waals surface area contributed by atoms with Crippen molar-refractivity contribution in [3.05, 3.63) is 18.8 Å². The van der Waals surface area contributed by atoms with Gasteiger partial charge in [-0.15, -0.1) is 6.58 Å². The summed E-state index contributed by atoms with van der Waals surface area (Å²) in [7, 11) is 0. The van der Waals surface area contributed by atoms with Crippen molar-refractivity contribution in [3.8, 4) is 0 Å². The van der Waals surface area contributed by atoms with Gasteiger partial charge < -0.3 is 5.11 Å². The summed E-state index contributed by atoms with van der Waals surface area (Å²) < 4.78 is 0. The van der Waals surface area contributed by atoms with E-state index in [1.165, 1.54) is 6.08 Å². The van der Waals surface area contributed by atoms with Gasteiger partial charge in [-0.2, -0.15) is 0 Å². The van der Waals surface area contributed by atoms with E-state index in [1.807, 2.05) is 6.92 Å². The SMILES string of the molecule is C=C[C](O)CCC. The molecule has 0 aliphatic heterocycles. The largest absolute Gasteiger partial charge is 0.382 e. The highest BCUT2D eigenvalue weighted by Crippen LogP contribution is 2.02. The minimum atomic E-state index is 0.391. The third-order valence-electron chi connectivity index (χ3n) is 0.742. The Kier molecular flexibility index (Phi) is 3.71. The van der Waals surface area contributed by atoms with E-state index in [1.54, 1.807) is 0 Å². The Hall–Kier alpha value is -0.300. The van der Waals surface area contributed by atoms with E-state index in [-0.39, 0.29) is 0 Å². The van der Waals surface area contributed by atoms with E-state index in [9.17, 15) is 0 Å². The molecule has 0 atom stereocenters. The van der Waals surface area contributed by atoms with Gasteiger partial charge in [0.2, 0.25) is 0 Å². The van der Waals surface area contributed by atoms with Gasteiger partial charge in [-0.3, -0.25) is 0 Å². The summed E-state index contributed by atoms with van der Waals surface area (Å²) in [6, 6.07) is 0. The van der Waals surface area contributed by atoms with E-state index in [0.717, 1.165) is 12.8 Å². The third kappa shape index (κ3) is 3.53. The van der Waals surface area contributed by atoms with Crippen LogP contribution < -0.4 is 0 Å². The molecule has 0 aromatic rings. The molecule has 7 heavy (non-hydrogen) atoms. The van der Waals surface area contributed by atoms with Gasteiger partial charge in [0.25, 0.3) is 0 Å². The Labute approximate surface area is 44.7 Å². The lowest BCUT2D eigenvalue weighted by atomic mass is 10.2. The molecule has 0 heterocycles. The Morgan fingerprint density at radius 3 is 2.57 bits per heavy atom. The van der Waals surface area contributed by atoms with Crippen molar-refractivity contribution >= 4 is 0 Å². The second kappa shape index (κ2) is 3.88. The van der Waals surface area contributed by atoms with Crippen molar-refractivity contribution in [3.63, 3.8) is 0 Å². The Balaban J connectivity index is 2.98. The Bertz CT molecular complexity index is 50.1. The second-order valence-corrected chi connectivity index (χ2v) is 1.45. The summed E-state index contributed by atoms with van der Waals surface area (Å²) in [5.74, 6) is 0. The molecule has 0 aliphatic carbocycles. The highest BCUT2D eigenvalue weighted by atomic mass is 16.3. The molecule has 0 amide bonds. The van der Waals surface area contributed by atoms with Crippen molar-refractivity contribution in [2.45, 2.75) is 19.8 Å². The molecule has 0 spiro atoms. The van der Waals surface area contributed by atoms with Gasteiger partial charge in [-0.05, 0) is 6.42 Å². The lowest BCUT2D eigenvalue weighted by Crippen LogP contribution is -1.86. The van der Waals surface area contributed by atoms with Crippen LogP contribution in [0.4, 0.5) is 0 Å². The molecular formula is C6H11O. The fraction of sp³-hybridized carbons (Fsp3) is 0.500. The normalized spacial score (nSPS) is 9.57. The van der Waals surface area contributed by atoms with Crippen LogP contribution in [0.5, 0.6) is 0 Å². The molecule has 0 unspecified atom stereocenters. The lowest BCUT2D eigenvalue weighted by Gasteiger charge is -1.96. The topological polar surface area (TPSA) is 20.2 Å². The smallest absolute Gasteiger partial charge is 0.115 e. The summed E-state index contributed by atoms with van der Waals surface area (Å²) in [6.07, 6.45) is 3.60. The van der Waals surface area contributed by atoms with Crippen molar-refractivity contribution in [2.75, 3.05) is 0 Å². The highest BCUT2D eigenvalue weighted by molar-refractivity contribution is 4.94. The average Bonchev–Trinajstić information content (AvgIpc) is 1.68. The van der Waals surface area contributed by atoms with E-state index in [4.69, 9.17) is 5.11 Å². The second-order valence-electron chi connectivity index (χ2n) is 1.45. The minimum absolute atomic E-state index is 0.391. The molecule has 1 N–H and O–H groups in total. The number of hydrogen-bond acceptors (Lipinski definition) is 1. The predicted molar refractivity (Wildman–Crippen MR) is 30.3 cm³/mol. The van der Waals surface area contributed by atoms with Crippen molar-refractivity contribution in [1.29, 1.82) is 0 Å². The first-order valence-electron chi connectivity index (χ1n) is 2.48. The van der Waals surface area contributed by atoms with Crippen LogP contribution in [-0.2, 0) is 0 Å². The van der Waals surface area contributed by atoms with Crippen LogP contribution >= 0.6 is 0 Å². The molecular weight excluding hydrogens is 88.1 g/mol. The number of hydrogen-bond donors (Lipinski definition) is 1. The first-order valence-corrected chi connectivity index (χ1v) is 2.48. The summed E-state index contributed by atoms with van der Waals surface area (Å²) in [6.45, 7) is 5.41. The summed E-state index contributed by atoms with van der Waals surface area (Å²) in [5.41, 5.74) is 0. The van der Waals surface area contributed by atoms with Crippen molar-refractivity contribution in [1.82, 2.24) is 0 Å². The molecule has 0 aliphatic rings. The maximum absolute atomic E-state index is 8.66. The third-order valence-corrected chi connectivity index (χ3v) is 0.742. The summed E-state index contributed by atoms with van der Waals surface area (Å²) in [4.78, 5) is 0. The zero-order valence-corrected chi connectivity index (χ0v) is 4.65. The number of aliphatic hydroxyl groups is 1. The van der Waals surface area contributed by atoms with Gasteiger partial charge in [-0.1, -0.05) is 19.4 Å². The van der Waals surface area contributed by atoms with Crippen molar-refractivity contribution < 1.29 is 5.11 Å². The fourth-order valence-corrected chi connectivity index (χ4v) is 0.358. The maximum Gasteiger partial charge on any atom is 0.115 e. The van der Waals surface area contributed by atoms with Crippen LogP contribution in [0.25, 0.3) is 0 Å². The summed E-state index contributed by atoms with van der Waals surface area (Å²) in [5, 5.41) is 8.66. The average molecular weight is 99.2 g/mol. The van der Waals surface area contributed by atoms with E-state index >= 15 is 0 Å². The van der Waals surface area contributed by atoms with Gasteiger partial charge in [0.15, 0.2) is 0 Å². The first-order chi connectivity index (χ1) is 3.31. The van der Waals surface area contributed by atoms with Crippen LogP contribution in [0.2, 0.25) is 0 Å². The van der Waals surface area contributed by atoms with Crippen LogP contribution in [0.1, 0.15) is 19.8 Å². The number of rotatable bonds is 3. The first kappa shape index (κ1) is 6.70. The molecule has 41 valence electrons. The zero-order chi connectivity index (χ0) is 5.70. The predicted octanol–water partition coefficient (Wildman–Crippen LogP) is 1.88. The zero-order valence-electron chi connectivity index (χ0n) is 4.65.